The lowest BCUT2D eigenvalue weighted by molar-refractivity contribution is 0.0206. The van der Waals surface area contributed by atoms with Crippen molar-refractivity contribution in [2.24, 2.45) is 0 Å². The summed E-state index contributed by atoms with van der Waals surface area (Å²) in [5.74, 6) is 0.872. The zero-order chi connectivity index (χ0) is 17.3. The smallest absolute Gasteiger partial charge is 0.410 e. The minimum Gasteiger partial charge on any atom is -0.444 e. The average Bonchev–Trinajstić information content (AvgIpc) is 2.88. The molecule has 5 nitrogen and oxygen atoms in total. The largest absolute Gasteiger partial charge is 0.444 e. The first-order valence-corrected chi connectivity index (χ1v) is 9.77. The van der Waals surface area contributed by atoms with E-state index in [2.05, 4.69) is 31.6 Å². The Hall–Kier alpha value is -1.34. The van der Waals surface area contributed by atoms with Gasteiger partial charge in [0.15, 0.2) is 0 Å². The lowest BCUT2D eigenvalue weighted by atomic mass is 10.1. The lowest BCUT2D eigenvalue weighted by Gasteiger charge is -2.34. The molecule has 24 heavy (non-hydrogen) atoms. The SMILES string of the molecule is CC(C)(C)OC(=O)N1CCC[C@@H](Nc2nccc3scc(Br)c23)C1. The van der Waals surface area contributed by atoms with E-state index in [1.54, 1.807) is 16.2 Å². The Balaban J connectivity index is 1.71. The molecule has 2 aromatic heterocycles. The lowest BCUT2D eigenvalue weighted by Crippen LogP contribution is -2.47. The summed E-state index contributed by atoms with van der Waals surface area (Å²) in [6.45, 7) is 7.05. The van der Waals surface area contributed by atoms with Crippen molar-refractivity contribution < 1.29 is 9.53 Å². The number of ether oxygens (including phenoxy) is 1. The van der Waals surface area contributed by atoms with E-state index in [1.165, 1.54) is 4.70 Å². The number of carbonyl (C=O) groups excluding carboxylic acids is 1. The van der Waals surface area contributed by atoms with Gasteiger partial charge in [-0.25, -0.2) is 9.78 Å². The number of thiophene rings is 1. The van der Waals surface area contributed by atoms with Crippen LogP contribution < -0.4 is 5.32 Å². The Morgan fingerprint density at radius 3 is 3.04 bits per heavy atom. The number of pyridine rings is 1. The highest BCUT2D eigenvalue weighted by Crippen LogP contribution is 2.35. The topological polar surface area (TPSA) is 54.5 Å². The van der Waals surface area contributed by atoms with Crippen molar-refractivity contribution in [2.45, 2.75) is 45.3 Å². The number of anilines is 1. The van der Waals surface area contributed by atoms with Crippen LogP contribution in [-0.2, 0) is 4.74 Å². The minimum atomic E-state index is -0.466. The molecule has 3 heterocycles. The number of carbonyl (C=O) groups is 1. The molecule has 0 aliphatic carbocycles. The summed E-state index contributed by atoms with van der Waals surface area (Å²) in [5, 5.41) is 6.70. The van der Waals surface area contributed by atoms with Gasteiger partial charge in [0, 0.05) is 45.3 Å². The Labute approximate surface area is 154 Å². The molecule has 0 saturated carbocycles. The fraction of sp³-hybridized carbons (Fsp3) is 0.529. The van der Waals surface area contributed by atoms with Crippen LogP contribution in [0.15, 0.2) is 22.1 Å². The van der Waals surface area contributed by atoms with E-state index in [1.807, 2.05) is 33.0 Å². The second-order valence-corrected chi connectivity index (χ2v) is 8.79. The van der Waals surface area contributed by atoms with Gasteiger partial charge in [-0.05, 0) is 55.6 Å². The second kappa shape index (κ2) is 6.88. The zero-order valence-electron chi connectivity index (χ0n) is 14.1. The number of halogens is 1. The first kappa shape index (κ1) is 17.5. The summed E-state index contributed by atoms with van der Waals surface area (Å²) >= 11 is 5.29. The summed E-state index contributed by atoms with van der Waals surface area (Å²) in [7, 11) is 0. The number of nitrogens with one attached hydrogen (secondary N) is 1. The van der Waals surface area contributed by atoms with Crippen LogP contribution >= 0.6 is 27.3 Å². The number of likely N-dealkylation sites (tertiary alicyclic amines) is 1. The van der Waals surface area contributed by atoms with Gasteiger partial charge in [0.1, 0.15) is 11.4 Å². The molecule has 1 atom stereocenters. The number of hydrogen-bond acceptors (Lipinski definition) is 5. The molecular weight excluding hydrogens is 390 g/mol. The number of hydrogen-bond donors (Lipinski definition) is 1. The number of nitrogens with zero attached hydrogens (tertiary/aromatic N) is 2. The highest BCUT2D eigenvalue weighted by molar-refractivity contribution is 9.10. The van der Waals surface area contributed by atoms with Gasteiger partial charge < -0.3 is 15.0 Å². The van der Waals surface area contributed by atoms with Crippen LogP contribution in [0.3, 0.4) is 0 Å². The van der Waals surface area contributed by atoms with Crippen molar-refractivity contribution in [1.82, 2.24) is 9.88 Å². The number of fused-ring (bicyclic) bond motifs is 1. The predicted molar refractivity (Wildman–Crippen MR) is 102 cm³/mol. The first-order chi connectivity index (χ1) is 11.3. The highest BCUT2D eigenvalue weighted by atomic mass is 79.9. The number of amides is 1. The Bertz CT molecular complexity index is 741. The first-order valence-electron chi connectivity index (χ1n) is 8.09. The van der Waals surface area contributed by atoms with Crippen LogP contribution in [0, 0.1) is 0 Å². The van der Waals surface area contributed by atoms with Crippen molar-refractivity contribution in [1.29, 1.82) is 0 Å². The van der Waals surface area contributed by atoms with Crippen LogP contribution in [0.5, 0.6) is 0 Å². The molecule has 1 saturated heterocycles. The van der Waals surface area contributed by atoms with E-state index >= 15 is 0 Å². The normalized spacial score (nSPS) is 18.7. The molecule has 0 spiro atoms. The molecule has 0 unspecified atom stereocenters. The van der Waals surface area contributed by atoms with Gasteiger partial charge >= 0.3 is 6.09 Å². The van der Waals surface area contributed by atoms with E-state index in [4.69, 9.17) is 4.74 Å². The summed E-state index contributed by atoms with van der Waals surface area (Å²) in [5.41, 5.74) is -0.466. The van der Waals surface area contributed by atoms with Crippen molar-refractivity contribution in [3.63, 3.8) is 0 Å². The molecule has 0 aromatic carbocycles. The van der Waals surface area contributed by atoms with Gasteiger partial charge in [0.05, 0.1) is 0 Å². The molecule has 7 heteroatoms. The molecule has 1 N–H and O–H groups in total. The maximum Gasteiger partial charge on any atom is 0.410 e. The van der Waals surface area contributed by atoms with E-state index < -0.39 is 5.60 Å². The molecule has 3 rings (SSSR count). The van der Waals surface area contributed by atoms with Crippen LogP contribution in [0.25, 0.3) is 10.1 Å². The summed E-state index contributed by atoms with van der Waals surface area (Å²) in [4.78, 5) is 18.6. The van der Waals surface area contributed by atoms with Crippen LogP contribution in [0.2, 0.25) is 0 Å². The number of aromatic nitrogens is 1. The predicted octanol–water partition coefficient (Wildman–Crippen LogP) is 4.87. The summed E-state index contributed by atoms with van der Waals surface area (Å²) in [6, 6.07) is 2.19. The molecular formula is C17H22BrN3O2S. The molecule has 1 fully saturated rings. The zero-order valence-corrected chi connectivity index (χ0v) is 16.5. The highest BCUT2D eigenvalue weighted by Gasteiger charge is 2.28. The maximum atomic E-state index is 12.3. The maximum absolute atomic E-state index is 12.3. The third-order valence-electron chi connectivity index (χ3n) is 3.85. The molecule has 1 aliphatic heterocycles. The number of rotatable bonds is 2. The monoisotopic (exact) mass is 411 g/mol. The van der Waals surface area contributed by atoms with E-state index in [0.29, 0.717) is 6.54 Å². The molecule has 0 radical (unpaired) electrons. The second-order valence-electron chi connectivity index (χ2n) is 7.03. The number of piperidine rings is 1. The third kappa shape index (κ3) is 4.00. The molecule has 130 valence electrons. The summed E-state index contributed by atoms with van der Waals surface area (Å²) < 4.78 is 7.74. The van der Waals surface area contributed by atoms with Crippen molar-refractivity contribution in [2.75, 3.05) is 18.4 Å². The van der Waals surface area contributed by atoms with E-state index in [0.717, 1.165) is 35.1 Å². The van der Waals surface area contributed by atoms with Crippen molar-refractivity contribution in [3.8, 4) is 0 Å². The van der Waals surface area contributed by atoms with Gasteiger partial charge in [0.25, 0.3) is 0 Å². The molecule has 1 amide bonds. The Morgan fingerprint density at radius 2 is 2.29 bits per heavy atom. The minimum absolute atomic E-state index is 0.177. The fourth-order valence-electron chi connectivity index (χ4n) is 2.84. The van der Waals surface area contributed by atoms with E-state index in [-0.39, 0.29) is 12.1 Å². The Kier molecular flexibility index (Phi) is 5.01. The standard InChI is InChI=1S/C17H22BrN3O2S/c1-17(2,3)23-16(22)21-8-4-5-11(9-21)20-15-14-12(18)10-24-13(14)6-7-19-15/h6-7,10-11H,4-5,8-9H2,1-3H3,(H,19,20)/t11-/m1/s1. The third-order valence-corrected chi connectivity index (χ3v) is 5.73. The van der Waals surface area contributed by atoms with Crippen LogP contribution in [-0.4, -0.2) is 40.7 Å². The van der Waals surface area contributed by atoms with E-state index in [9.17, 15) is 4.79 Å². The van der Waals surface area contributed by atoms with Gasteiger partial charge in [-0.3, -0.25) is 0 Å². The van der Waals surface area contributed by atoms with Gasteiger partial charge in [-0.2, -0.15) is 0 Å². The van der Waals surface area contributed by atoms with Gasteiger partial charge in [-0.1, -0.05) is 0 Å². The van der Waals surface area contributed by atoms with Crippen molar-refractivity contribution in [3.05, 3.63) is 22.1 Å². The molecule has 0 bridgehead atoms. The van der Waals surface area contributed by atoms with Gasteiger partial charge in [-0.15, -0.1) is 11.3 Å². The average molecular weight is 412 g/mol. The van der Waals surface area contributed by atoms with Crippen LogP contribution in [0.4, 0.5) is 10.6 Å². The fourth-order valence-corrected chi connectivity index (χ4v) is 4.46. The quantitative estimate of drug-likeness (QED) is 0.765. The van der Waals surface area contributed by atoms with Crippen LogP contribution in [0.1, 0.15) is 33.6 Å². The Morgan fingerprint density at radius 1 is 1.50 bits per heavy atom. The van der Waals surface area contributed by atoms with Gasteiger partial charge in [0.2, 0.25) is 0 Å². The summed E-state index contributed by atoms with van der Waals surface area (Å²) in [6.07, 6.45) is 3.55. The molecule has 2 aromatic rings. The van der Waals surface area contributed by atoms with Crippen molar-refractivity contribution >= 4 is 49.3 Å². The molecule has 1 aliphatic rings.